The van der Waals surface area contributed by atoms with Crippen molar-refractivity contribution in [2.75, 3.05) is 0 Å². The molecule has 2 rings (SSSR count). The Morgan fingerprint density at radius 3 is 2.56 bits per heavy atom. The van der Waals surface area contributed by atoms with Gasteiger partial charge in [0.05, 0.1) is 6.10 Å². The molecule has 1 aliphatic carbocycles. The van der Waals surface area contributed by atoms with Crippen LogP contribution in [-0.4, -0.2) is 17.3 Å². The van der Waals surface area contributed by atoms with Crippen molar-refractivity contribution in [2.45, 2.75) is 64.1 Å². The lowest BCUT2D eigenvalue weighted by atomic mass is 9.93. The van der Waals surface area contributed by atoms with Crippen molar-refractivity contribution in [3.05, 3.63) is 35.4 Å². The summed E-state index contributed by atoms with van der Waals surface area (Å²) in [4.78, 5) is 0. The van der Waals surface area contributed by atoms with E-state index in [0.717, 1.165) is 25.8 Å². The third-order valence-electron chi connectivity index (χ3n) is 3.89. The third-order valence-corrected chi connectivity index (χ3v) is 3.89. The largest absolute Gasteiger partial charge is 0.393 e. The van der Waals surface area contributed by atoms with Gasteiger partial charge >= 0.3 is 0 Å². The zero-order valence-corrected chi connectivity index (χ0v) is 11.5. The summed E-state index contributed by atoms with van der Waals surface area (Å²) < 4.78 is 0. The third kappa shape index (κ3) is 3.82. The van der Waals surface area contributed by atoms with Gasteiger partial charge in [0.1, 0.15) is 0 Å². The predicted octanol–water partition coefficient (Wildman–Crippen LogP) is 3.20. The first-order valence-corrected chi connectivity index (χ1v) is 7.15. The molecular formula is C16H25NO. The van der Waals surface area contributed by atoms with Gasteiger partial charge in [-0.3, -0.25) is 0 Å². The van der Waals surface area contributed by atoms with Crippen LogP contribution in [0.4, 0.5) is 0 Å². The second kappa shape index (κ2) is 6.35. The molecule has 0 spiro atoms. The first kappa shape index (κ1) is 13.6. The Labute approximate surface area is 110 Å². The van der Waals surface area contributed by atoms with Gasteiger partial charge in [-0.05, 0) is 42.7 Å². The summed E-state index contributed by atoms with van der Waals surface area (Å²) in [5, 5.41) is 13.2. The summed E-state index contributed by atoms with van der Waals surface area (Å²) >= 11 is 0. The Morgan fingerprint density at radius 2 is 1.94 bits per heavy atom. The van der Waals surface area contributed by atoms with Crippen molar-refractivity contribution in [3.63, 3.8) is 0 Å². The van der Waals surface area contributed by atoms with Crippen molar-refractivity contribution >= 4 is 0 Å². The zero-order chi connectivity index (χ0) is 13.0. The highest BCUT2D eigenvalue weighted by molar-refractivity contribution is 5.24. The van der Waals surface area contributed by atoms with E-state index in [1.807, 2.05) is 0 Å². The van der Waals surface area contributed by atoms with Crippen LogP contribution in [0.25, 0.3) is 0 Å². The number of nitrogens with one attached hydrogen (secondary N) is 1. The lowest BCUT2D eigenvalue weighted by Gasteiger charge is -2.26. The van der Waals surface area contributed by atoms with E-state index in [2.05, 4.69) is 43.4 Å². The molecule has 1 saturated carbocycles. The minimum absolute atomic E-state index is 0.0976. The molecule has 0 aliphatic heterocycles. The maximum absolute atomic E-state index is 9.63. The quantitative estimate of drug-likeness (QED) is 0.856. The van der Waals surface area contributed by atoms with E-state index in [1.165, 1.54) is 17.5 Å². The number of hydrogen-bond acceptors (Lipinski definition) is 2. The molecule has 2 N–H and O–H groups in total. The molecule has 1 aromatic rings. The number of rotatable bonds is 4. The Morgan fingerprint density at radius 1 is 1.22 bits per heavy atom. The van der Waals surface area contributed by atoms with E-state index >= 15 is 0 Å². The van der Waals surface area contributed by atoms with Gasteiger partial charge in [0.25, 0.3) is 0 Å². The predicted molar refractivity (Wildman–Crippen MR) is 75.6 cm³/mol. The molecular weight excluding hydrogens is 222 g/mol. The highest BCUT2D eigenvalue weighted by Gasteiger charge is 2.19. The minimum atomic E-state index is -0.0976. The molecule has 100 valence electrons. The topological polar surface area (TPSA) is 32.3 Å². The van der Waals surface area contributed by atoms with E-state index in [0.29, 0.717) is 12.0 Å². The highest BCUT2D eigenvalue weighted by atomic mass is 16.3. The van der Waals surface area contributed by atoms with Crippen LogP contribution in [0.5, 0.6) is 0 Å². The second-order valence-electron chi connectivity index (χ2n) is 5.79. The molecule has 1 fully saturated rings. The highest BCUT2D eigenvalue weighted by Crippen LogP contribution is 2.19. The van der Waals surface area contributed by atoms with Gasteiger partial charge < -0.3 is 10.4 Å². The SMILES string of the molecule is CC(C)c1ccc(CNC2CCCC(O)C2)cc1. The van der Waals surface area contributed by atoms with Gasteiger partial charge in [0.15, 0.2) is 0 Å². The fourth-order valence-corrected chi connectivity index (χ4v) is 2.63. The maximum atomic E-state index is 9.63. The fraction of sp³-hybridized carbons (Fsp3) is 0.625. The summed E-state index contributed by atoms with van der Waals surface area (Å²) in [6.45, 7) is 5.35. The molecule has 0 radical (unpaired) electrons. The second-order valence-corrected chi connectivity index (χ2v) is 5.79. The van der Waals surface area contributed by atoms with E-state index in [4.69, 9.17) is 0 Å². The lowest BCUT2D eigenvalue weighted by Crippen LogP contribution is -2.35. The van der Waals surface area contributed by atoms with E-state index in [1.54, 1.807) is 0 Å². The molecule has 2 nitrogen and oxygen atoms in total. The Hall–Kier alpha value is -0.860. The summed E-state index contributed by atoms with van der Waals surface area (Å²) in [5.74, 6) is 0.598. The minimum Gasteiger partial charge on any atom is -0.393 e. The number of hydrogen-bond donors (Lipinski definition) is 2. The van der Waals surface area contributed by atoms with Crippen LogP contribution in [-0.2, 0) is 6.54 Å². The molecule has 0 bridgehead atoms. The van der Waals surface area contributed by atoms with E-state index < -0.39 is 0 Å². The van der Waals surface area contributed by atoms with Gasteiger partial charge in [-0.15, -0.1) is 0 Å². The van der Waals surface area contributed by atoms with E-state index in [-0.39, 0.29) is 6.10 Å². The van der Waals surface area contributed by atoms with Crippen molar-refractivity contribution in [1.29, 1.82) is 0 Å². The maximum Gasteiger partial charge on any atom is 0.0555 e. The van der Waals surface area contributed by atoms with Gasteiger partial charge in [0, 0.05) is 12.6 Å². The summed E-state index contributed by atoms with van der Waals surface area (Å²) in [5.41, 5.74) is 2.73. The van der Waals surface area contributed by atoms with Crippen molar-refractivity contribution in [2.24, 2.45) is 0 Å². The van der Waals surface area contributed by atoms with Crippen LogP contribution in [0.2, 0.25) is 0 Å². The number of benzene rings is 1. The van der Waals surface area contributed by atoms with Gasteiger partial charge in [-0.2, -0.15) is 0 Å². The molecule has 2 unspecified atom stereocenters. The number of aliphatic hydroxyl groups is 1. The van der Waals surface area contributed by atoms with Crippen LogP contribution in [0.1, 0.15) is 56.6 Å². The summed E-state index contributed by atoms with van der Waals surface area (Å²) in [6, 6.07) is 9.34. The van der Waals surface area contributed by atoms with Gasteiger partial charge in [0.2, 0.25) is 0 Å². The molecule has 0 heterocycles. The smallest absolute Gasteiger partial charge is 0.0555 e. The zero-order valence-electron chi connectivity index (χ0n) is 11.5. The van der Waals surface area contributed by atoms with Gasteiger partial charge in [-0.1, -0.05) is 38.1 Å². The Bertz CT molecular complexity index is 358. The van der Waals surface area contributed by atoms with Crippen molar-refractivity contribution in [1.82, 2.24) is 5.32 Å². The van der Waals surface area contributed by atoms with Gasteiger partial charge in [-0.25, -0.2) is 0 Å². The summed E-state index contributed by atoms with van der Waals surface area (Å²) in [6.07, 6.45) is 4.12. The van der Waals surface area contributed by atoms with Crippen LogP contribution < -0.4 is 5.32 Å². The number of aliphatic hydroxyl groups excluding tert-OH is 1. The normalized spacial score (nSPS) is 24.4. The first-order valence-electron chi connectivity index (χ1n) is 7.15. The Kier molecular flexibility index (Phi) is 4.79. The van der Waals surface area contributed by atoms with Crippen LogP contribution >= 0.6 is 0 Å². The molecule has 18 heavy (non-hydrogen) atoms. The van der Waals surface area contributed by atoms with Crippen molar-refractivity contribution in [3.8, 4) is 0 Å². The Balaban J connectivity index is 1.82. The molecule has 2 atom stereocenters. The van der Waals surface area contributed by atoms with Crippen LogP contribution in [0.3, 0.4) is 0 Å². The average molecular weight is 247 g/mol. The van der Waals surface area contributed by atoms with Crippen LogP contribution in [0, 0.1) is 0 Å². The molecule has 0 amide bonds. The molecule has 1 aliphatic rings. The van der Waals surface area contributed by atoms with Crippen molar-refractivity contribution < 1.29 is 5.11 Å². The van der Waals surface area contributed by atoms with Crippen LogP contribution in [0.15, 0.2) is 24.3 Å². The monoisotopic (exact) mass is 247 g/mol. The summed E-state index contributed by atoms with van der Waals surface area (Å²) in [7, 11) is 0. The van der Waals surface area contributed by atoms with E-state index in [9.17, 15) is 5.11 Å². The molecule has 0 aromatic heterocycles. The average Bonchev–Trinajstić information content (AvgIpc) is 2.37. The first-order chi connectivity index (χ1) is 8.65. The lowest BCUT2D eigenvalue weighted by molar-refractivity contribution is 0.111. The fourth-order valence-electron chi connectivity index (χ4n) is 2.63. The molecule has 1 aromatic carbocycles. The molecule has 2 heteroatoms. The molecule has 0 saturated heterocycles. The standard InChI is InChI=1S/C16H25NO/c1-12(2)14-8-6-13(7-9-14)11-17-15-4-3-5-16(18)10-15/h6-9,12,15-18H,3-5,10-11H2,1-2H3.